The number of ether oxygens (including phenoxy) is 1. The van der Waals surface area contributed by atoms with Gasteiger partial charge in [0.1, 0.15) is 11.9 Å². The molecule has 2 unspecified atom stereocenters. The van der Waals surface area contributed by atoms with Crippen LogP contribution in [-0.2, 0) is 6.42 Å². The first-order valence-electron chi connectivity index (χ1n) is 6.09. The van der Waals surface area contributed by atoms with Crippen molar-refractivity contribution in [1.29, 1.82) is 0 Å². The molecule has 1 aromatic rings. The fraction of sp³-hybridized carbons (Fsp3) is 0.571. The lowest BCUT2D eigenvalue weighted by Crippen LogP contribution is -2.30. The van der Waals surface area contributed by atoms with Gasteiger partial charge in [-0.2, -0.15) is 0 Å². The maximum Gasteiger partial charge on any atom is 0.129 e. The molecule has 2 heteroatoms. The van der Waals surface area contributed by atoms with Gasteiger partial charge < -0.3 is 9.84 Å². The topological polar surface area (TPSA) is 29.5 Å². The van der Waals surface area contributed by atoms with Crippen LogP contribution in [0.15, 0.2) is 24.3 Å². The molecule has 0 fully saturated rings. The minimum atomic E-state index is -0.338. The van der Waals surface area contributed by atoms with Gasteiger partial charge in [0.2, 0.25) is 0 Å². The summed E-state index contributed by atoms with van der Waals surface area (Å²) in [6.07, 6.45) is 2.34. The fourth-order valence-electron chi connectivity index (χ4n) is 2.11. The maximum absolute atomic E-state index is 10.0. The quantitative estimate of drug-likeness (QED) is 0.845. The summed E-state index contributed by atoms with van der Waals surface area (Å²) < 4.78 is 5.75. The third kappa shape index (κ3) is 2.56. The molecular weight excluding hydrogens is 200 g/mol. The van der Waals surface area contributed by atoms with Gasteiger partial charge in [-0.15, -0.1) is 0 Å². The zero-order chi connectivity index (χ0) is 11.5. The van der Waals surface area contributed by atoms with E-state index in [0.717, 1.165) is 25.0 Å². The lowest BCUT2D eigenvalue weighted by Gasteiger charge is -2.18. The van der Waals surface area contributed by atoms with Crippen molar-refractivity contribution in [2.24, 2.45) is 5.92 Å². The summed E-state index contributed by atoms with van der Waals surface area (Å²) in [5.41, 5.74) is 1.22. The molecule has 1 heterocycles. The van der Waals surface area contributed by atoms with Crippen LogP contribution in [0.25, 0.3) is 0 Å². The van der Waals surface area contributed by atoms with E-state index in [1.54, 1.807) is 0 Å². The van der Waals surface area contributed by atoms with Gasteiger partial charge in [-0.05, 0) is 30.4 Å². The monoisotopic (exact) mass is 220 g/mol. The number of para-hydroxylation sites is 1. The van der Waals surface area contributed by atoms with Crippen molar-refractivity contribution in [3.8, 4) is 5.75 Å². The first-order chi connectivity index (χ1) is 7.66. The summed E-state index contributed by atoms with van der Waals surface area (Å²) in [4.78, 5) is 0. The van der Waals surface area contributed by atoms with Crippen LogP contribution in [0.1, 0.15) is 32.3 Å². The van der Waals surface area contributed by atoms with Crippen molar-refractivity contribution in [3.63, 3.8) is 0 Å². The SMILES string of the molecule is CC(C)CCC(O)C1Cc2ccccc2O1. The van der Waals surface area contributed by atoms with E-state index in [1.807, 2.05) is 18.2 Å². The molecule has 1 aromatic carbocycles. The molecule has 0 spiro atoms. The highest BCUT2D eigenvalue weighted by molar-refractivity contribution is 5.37. The first-order valence-corrected chi connectivity index (χ1v) is 6.09. The summed E-state index contributed by atoms with van der Waals surface area (Å²) >= 11 is 0. The van der Waals surface area contributed by atoms with Crippen LogP contribution < -0.4 is 4.74 Å². The second-order valence-corrected chi connectivity index (χ2v) is 5.01. The Hall–Kier alpha value is -1.02. The molecule has 0 bridgehead atoms. The number of fused-ring (bicyclic) bond motifs is 1. The van der Waals surface area contributed by atoms with Crippen LogP contribution in [0.2, 0.25) is 0 Å². The van der Waals surface area contributed by atoms with E-state index in [-0.39, 0.29) is 12.2 Å². The van der Waals surface area contributed by atoms with Crippen LogP contribution in [0.3, 0.4) is 0 Å². The lowest BCUT2D eigenvalue weighted by molar-refractivity contribution is 0.0404. The van der Waals surface area contributed by atoms with Gasteiger partial charge in [-0.25, -0.2) is 0 Å². The normalized spacial score (nSPS) is 20.6. The van der Waals surface area contributed by atoms with E-state index < -0.39 is 0 Å². The van der Waals surface area contributed by atoms with Gasteiger partial charge in [-0.1, -0.05) is 32.0 Å². The summed E-state index contributed by atoms with van der Waals surface area (Å²) in [5, 5.41) is 10.0. The van der Waals surface area contributed by atoms with E-state index in [4.69, 9.17) is 4.74 Å². The number of aliphatic hydroxyl groups is 1. The Labute approximate surface area is 97.3 Å². The standard InChI is InChI=1S/C14H20O2/c1-10(2)7-8-12(15)14-9-11-5-3-4-6-13(11)16-14/h3-6,10,12,14-15H,7-9H2,1-2H3. The molecule has 0 aliphatic carbocycles. The van der Waals surface area contributed by atoms with E-state index in [0.29, 0.717) is 5.92 Å². The minimum absolute atomic E-state index is 0.0452. The van der Waals surface area contributed by atoms with E-state index in [1.165, 1.54) is 5.56 Å². The molecule has 0 saturated carbocycles. The zero-order valence-electron chi connectivity index (χ0n) is 10.0. The van der Waals surface area contributed by atoms with Crippen molar-refractivity contribution < 1.29 is 9.84 Å². The number of hydrogen-bond donors (Lipinski definition) is 1. The second-order valence-electron chi connectivity index (χ2n) is 5.01. The van der Waals surface area contributed by atoms with Gasteiger partial charge in [0.15, 0.2) is 0 Å². The van der Waals surface area contributed by atoms with Crippen molar-refractivity contribution >= 4 is 0 Å². The lowest BCUT2D eigenvalue weighted by atomic mass is 9.99. The summed E-state index contributed by atoms with van der Waals surface area (Å²) in [7, 11) is 0. The molecule has 1 aliphatic heterocycles. The highest BCUT2D eigenvalue weighted by Crippen LogP contribution is 2.30. The van der Waals surface area contributed by atoms with Gasteiger partial charge in [0.25, 0.3) is 0 Å². The predicted molar refractivity (Wildman–Crippen MR) is 64.6 cm³/mol. The summed E-state index contributed by atoms with van der Waals surface area (Å²) in [5.74, 6) is 1.58. The summed E-state index contributed by atoms with van der Waals surface area (Å²) in [6, 6.07) is 8.04. The van der Waals surface area contributed by atoms with Crippen molar-refractivity contribution in [3.05, 3.63) is 29.8 Å². The molecule has 88 valence electrons. The highest BCUT2D eigenvalue weighted by Gasteiger charge is 2.28. The molecule has 1 aliphatic rings. The van der Waals surface area contributed by atoms with Gasteiger partial charge in [0, 0.05) is 6.42 Å². The van der Waals surface area contributed by atoms with Crippen molar-refractivity contribution in [1.82, 2.24) is 0 Å². The Bertz CT molecular complexity index is 321. The Morgan fingerprint density at radius 2 is 2.06 bits per heavy atom. The first kappa shape index (κ1) is 11.5. The second kappa shape index (κ2) is 4.88. The average molecular weight is 220 g/mol. The van der Waals surface area contributed by atoms with Crippen LogP contribution in [0, 0.1) is 5.92 Å². The van der Waals surface area contributed by atoms with E-state index >= 15 is 0 Å². The Balaban J connectivity index is 1.90. The fourth-order valence-corrected chi connectivity index (χ4v) is 2.11. The van der Waals surface area contributed by atoms with Crippen LogP contribution in [0.5, 0.6) is 5.75 Å². The molecule has 0 radical (unpaired) electrons. The smallest absolute Gasteiger partial charge is 0.129 e. The van der Waals surface area contributed by atoms with Gasteiger partial charge in [0.05, 0.1) is 6.10 Å². The molecule has 0 aromatic heterocycles. The average Bonchev–Trinajstić information content (AvgIpc) is 2.69. The van der Waals surface area contributed by atoms with Crippen molar-refractivity contribution in [2.75, 3.05) is 0 Å². The van der Waals surface area contributed by atoms with Gasteiger partial charge in [-0.3, -0.25) is 0 Å². The minimum Gasteiger partial charge on any atom is -0.487 e. The third-order valence-corrected chi connectivity index (χ3v) is 3.14. The summed E-state index contributed by atoms with van der Waals surface area (Å²) in [6.45, 7) is 4.36. The molecular formula is C14H20O2. The molecule has 1 N–H and O–H groups in total. The number of hydrogen-bond acceptors (Lipinski definition) is 2. The third-order valence-electron chi connectivity index (χ3n) is 3.14. The van der Waals surface area contributed by atoms with E-state index in [2.05, 4.69) is 19.9 Å². The Kier molecular flexibility index (Phi) is 3.49. The number of benzene rings is 1. The van der Waals surface area contributed by atoms with Gasteiger partial charge >= 0.3 is 0 Å². The maximum atomic E-state index is 10.0. The molecule has 0 saturated heterocycles. The molecule has 2 atom stereocenters. The van der Waals surface area contributed by atoms with E-state index in [9.17, 15) is 5.11 Å². The molecule has 2 nitrogen and oxygen atoms in total. The van der Waals surface area contributed by atoms with Crippen LogP contribution >= 0.6 is 0 Å². The number of aliphatic hydroxyl groups excluding tert-OH is 1. The molecule has 16 heavy (non-hydrogen) atoms. The largest absolute Gasteiger partial charge is 0.487 e. The Morgan fingerprint density at radius 1 is 1.31 bits per heavy atom. The van der Waals surface area contributed by atoms with Crippen LogP contribution in [0.4, 0.5) is 0 Å². The highest BCUT2D eigenvalue weighted by atomic mass is 16.5. The Morgan fingerprint density at radius 3 is 2.75 bits per heavy atom. The molecule has 0 amide bonds. The zero-order valence-corrected chi connectivity index (χ0v) is 10.0. The van der Waals surface area contributed by atoms with Crippen LogP contribution in [-0.4, -0.2) is 17.3 Å². The van der Waals surface area contributed by atoms with Crippen molar-refractivity contribution in [2.45, 2.75) is 45.3 Å². The number of rotatable bonds is 4. The molecule has 2 rings (SSSR count). The predicted octanol–water partition coefficient (Wildman–Crippen LogP) is 2.79.